The number of amides is 1. The lowest BCUT2D eigenvalue weighted by Gasteiger charge is -2.14. The number of hydrogen-bond donors (Lipinski definition) is 2. The van der Waals surface area contributed by atoms with Crippen LogP contribution in [0.25, 0.3) is 11.8 Å². The first-order chi connectivity index (χ1) is 15.9. The van der Waals surface area contributed by atoms with Gasteiger partial charge < -0.3 is 15.5 Å². The number of hydrogen-bond acceptors (Lipinski definition) is 6. The van der Waals surface area contributed by atoms with E-state index in [-0.39, 0.29) is 22.3 Å². The smallest absolute Gasteiger partial charge is 0.270 e. The number of rotatable bonds is 9. The van der Waals surface area contributed by atoms with Crippen LogP contribution in [-0.4, -0.2) is 48.0 Å². The lowest BCUT2D eigenvalue weighted by Crippen LogP contribution is -2.35. The van der Waals surface area contributed by atoms with Crippen LogP contribution in [0, 0.1) is 11.3 Å². The van der Waals surface area contributed by atoms with E-state index in [2.05, 4.69) is 16.3 Å². The van der Waals surface area contributed by atoms with Gasteiger partial charge in [-0.15, -0.1) is 11.3 Å². The van der Waals surface area contributed by atoms with Crippen LogP contribution in [0.4, 0.5) is 14.5 Å². The van der Waals surface area contributed by atoms with E-state index in [4.69, 9.17) is 0 Å². The van der Waals surface area contributed by atoms with Crippen molar-refractivity contribution in [2.75, 3.05) is 31.5 Å². The van der Waals surface area contributed by atoms with Gasteiger partial charge in [-0.05, 0) is 57.0 Å². The van der Waals surface area contributed by atoms with Crippen molar-refractivity contribution in [2.45, 2.75) is 39.2 Å². The summed E-state index contributed by atoms with van der Waals surface area (Å²) in [5, 5.41) is 14.6. The number of aromatic nitrogens is 1. The number of carbonyl (C=O) groups is 1. The van der Waals surface area contributed by atoms with E-state index >= 15 is 0 Å². The summed E-state index contributed by atoms with van der Waals surface area (Å²) in [6.45, 7) is 4.40. The van der Waals surface area contributed by atoms with Crippen molar-refractivity contribution in [1.82, 2.24) is 14.8 Å². The van der Waals surface area contributed by atoms with Crippen LogP contribution in [0.1, 0.15) is 25.3 Å². The van der Waals surface area contributed by atoms with Crippen molar-refractivity contribution in [3.63, 3.8) is 0 Å². The van der Waals surface area contributed by atoms with Crippen molar-refractivity contribution in [3.05, 3.63) is 49.4 Å². The standard InChI is InChI=1S/C23H27F2N5O2S/c1-2-30-22(32)19(33-23(30)18(13-26)21(31)28-15-20(24)25)14-27-17-7-5-6-16(12-17)8-11-29-9-3-4-10-29/h5-7,12,14,20,27H,2-4,8-11,15H2,1H3,(H,28,31)/b19-14+,23-18-. The van der Waals surface area contributed by atoms with Crippen molar-refractivity contribution < 1.29 is 13.6 Å². The van der Waals surface area contributed by atoms with Crippen molar-refractivity contribution in [1.29, 1.82) is 5.26 Å². The highest BCUT2D eigenvalue weighted by atomic mass is 32.1. The number of nitrogens with one attached hydrogen (secondary N) is 2. The largest absolute Gasteiger partial charge is 0.360 e. The Labute approximate surface area is 194 Å². The van der Waals surface area contributed by atoms with Crippen molar-refractivity contribution in [3.8, 4) is 6.07 Å². The second-order valence-corrected chi connectivity index (χ2v) is 8.73. The van der Waals surface area contributed by atoms with Crippen molar-refractivity contribution in [2.24, 2.45) is 0 Å². The summed E-state index contributed by atoms with van der Waals surface area (Å²) in [6, 6.07) is 9.70. The van der Waals surface area contributed by atoms with Crippen molar-refractivity contribution >= 4 is 34.7 Å². The molecule has 2 heterocycles. The molecular weight excluding hydrogens is 448 g/mol. The van der Waals surface area contributed by atoms with Gasteiger partial charge in [0, 0.05) is 25.0 Å². The third-order valence-electron chi connectivity index (χ3n) is 5.41. The Morgan fingerprint density at radius 3 is 2.76 bits per heavy atom. The maximum absolute atomic E-state index is 12.8. The molecule has 2 aromatic rings. The number of benzene rings is 1. The van der Waals surface area contributed by atoms with Crippen LogP contribution >= 0.6 is 11.3 Å². The van der Waals surface area contributed by atoms with E-state index in [1.807, 2.05) is 23.5 Å². The summed E-state index contributed by atoms with van der Waals surface area (Å²) in [7, 11) is 0. The summed E-state index contributed by atoms with van der Waals surface area (Å²) >= 11 is 0.974. The number of nitriles is 1. The Kier molecular flexibility index (Phi) is 8.74. The molecule has 10 heteroatoms. The fourth-order valence-corrected chi connectivity index (χ4v) is 4.79. The maximum Gasteiger partial charge on any atom is 0.270 e. The van der Waals surface area contributed by atoms with E-state index in [1.54, 1.807) is 19.2 Å². The zero-order valence-corrected chi connectivity index (χ0v) is 19.3. The molecule has 33 heavy (non-hydrogen) atoms. The average molecular weight is 476 g/mol. The second-order valence-electron chi connectivity index (χ2n) is 7.70. The molecule has 1 aromatic heterocycles. The van der Waals surface area contributed by atoms with Gasteiger partial charge in [-0.2, -0.15) is 5.26 Å². The third kappa shape index (κ3) is 6.49. The molecule has 0 atom stereocenters. The molecule has 0 bridgehead atoms. The maximum atomic E-state index is 12.8. The molecular formula is C23H27F2N5O2S. The molecule has 0 aliphatic carbocycles. The van der Waals surface area contributed by atoms with E-state index in [1.165, 1.54) is 23.0 Å². The Morgan fingerprint density at radius 2 is 2.09 bits per heavy atom. The van der Waals surface area contributed by atoms with Crippen LogP contribution in [0.15, 0.2) is 29.1 Å². The SMILES string of the molecule is CCn1c(=O)/c(=C\Nc2cccc(CCN3CCCC3)c2)s/c1=C(/C#N)C(=O)NCC(F)F. The van der Waals surface area contributed by atoms with Gasteiger partial charge in [0.2, 0.25) is 0 Å². The number of carbonyl (C=O) groups excluding carboxylic acids is 1. The summed E-state index contributed by atoms with van der Waals surface area (Å²) in [5.41, 5.74) is 1.30. The number of halogens is 2. The summed E-state index contributed by atoms with van der Waals surface area (Å²) in [6.07, 6.45) is 2.27. The Morgan fingerprint density at radius 1 is 1.33 bits per heavy atom. The van der Waals surface area contributed by atoms with Gasteiger partial charge in [0.15, 0.2) is 5.57 Å². The number of nitrogens with zero attached hydrogens (tertiary/aromatic N) is 3. The first-order valence-electron chi connectivity index (χ1n) is 10.9. The van der Waals surface area contributed by atoms with Gasteiger partial charge in [-0.1, -0.05) is 12.1 Å². The molecule has 1 aromatic carbocycles. The Hall–Kier alpha value is -3.03. The molecule has 0 unspecified atom stereocenters. The minimum absolute atomic E-state index is 0.143. The van der Waals surface area contributed by atoms with Gasteiger partial charge in [0.25, 0.3) is 17.9 Å². The minimum Gasteiger partial charge on any atom is -0.360 e. The number of thiazole rings is 1. The van der Waals surface area contributed by atoms with E-state index in [0.717, 1.165) is 43.1 Å². The summed E-state index contributed by atoms with van der Waals surface area (Å²) in [4.78, 5) is 27.4. The highest BCUT2D eigenvalue weighted by molar-refractivity contribution is 7.07. The first-order valence-corrected chi connectivity index (χ1v) is 11.7. The Balaban J connectivity index is 1.84. The second kappa shape index (κ2) is 11.7. The monoisotopic (exact) mass is 475 g/mol. The first kappa shape index (κ1) is 24.6. The molecule has 2 N–H and O–H groups in total. The molecule has 0 saturated carbocycles. The molecule has 176 valence electrons. The lowest BCUT2D eigenvalue weighted by molar-refractivity contribution is -0.116. The molecule has 1 aliphatic heterocycles. The molecule has 0 spiro atoms. The molecule has 1 amide bonds. The minimum atomic E-state index is -2.73. The van der Waals surface area contributed by atoms with Crippen LogP contribution in [0.3, 0.4) is 0 Å². The van der Waals surface area contributed by atoms with E-state index in [9.17, 15) is 23.6 Å². The van der Waals surface area contributed by atoms with Gasteiger partial charge >= 0.3 is 0 Å². The summed E-state index contributed by atoms with van der Waals surface area (Å²) in [5.74, 6) is -0.925. The van der Waals surface area contributed by atoms with E-state index < -0.39 is 18.9 Å². The van der Waals surface area contributed by atoms with Crippen LogP contribution in [-0.2, 0) is 17.8 Å². The summed E-state index contributed by atoms with van der Waals surface area (Å²) < 4.78 is 26.6. The average Bonchev–Trinajstić information content (AvgIpc) is 3.43. The predicted molar refractivity (Wildman–Crippen MR) is 125 cm³/mol. The highest BCUT2D eigenvalue weighted by Gasteiger charge is 2.16. The third-order valence-corrected chi connectivity index (χ3v) is 6.54. The lowest BCUT2D eigenvalue weighted by atomic mass is 10.1. The number of anilines is 1. The van der Waals surface area contributed by atoms with Gasteiger partial charge in [0.05, 0.1) is 6.54 Å². The molecule has 1 saturated heterocycles. The van der Waals surface area contributed by atoms with Crippen LogP contribution in [0.2, 0.25) is 0 Å². The van der Waals surface area contributed by atoms with Gasteiger partial charge in [-0.25, -0.2) is 8.78 Å². The zero-order valence-electron chi connectivity index (χ0n) is 18.4. The van der Waals surface area contributed by atoms with Gasteiger partial charge in [0.1, 0.15) is 15.3 Å². The van der Waals surface area contributed by atoms with Gasteiger partial charge in [-0.3, -0.25) is 14.2 Å². The molecule has 3 rings (SSSR count). The molecule has 1 fully saturated rings. The fraction of sp³-hybridized carbons (Fsp3) is 0.435. The van der Waals surface area contributed by atoms with Crippen LogP contribution < -0.4 is 25.4 Å². The molecule has 1 aliphatic rings. The fourth-order valence-electron chi connectivity index (χ4n) is 3.71. The zero-order chi connectivity index (χ0) is 23.8. The normalized spacial score (nSPS) is 15.5. The van der Waals surface area contributed by atoms with Crippen LogP contribution in [0.5, 0.6) is 0 Å². The quantitative estimate of drug-likeness (QED) is 0.573. The van der Waals surface area contributed by atoms with E-state index in [0.29, 0.717) is 4.53 Å². The number of likely N-dealkylation sites (tertiary alicyclic amines) is 1. The topological polar surface area (TPSA) is 90.2 Å². The number of alkyl halides is 2. The highest BCUT2D eigenvalue weighted by Crippen LogP contribution is 2.13. The molecule has 0 radical (unpaired) electrons. The molecule has 7 nitrogen and oxygen atoms in total. The predicted octanol–water partition coefficient (Wildman–Crippen LogP) is 1.47. The Bertz CT molecular complexity index is 1190.